The quantitative estimate of drug-likeness (QED) is 0.274. The first-order valence-corrected chi connectivity index (χ1v) is 19.0. The van der Waals surface area contributed by atoms with Crippen LogP contribution in [0.1, 0.15) is 26.7 Å². The van der Waals surface area contributed by atoms with Crippen molar-refractivity contribution in [3.05, 3.63) is 43.1 Å². The summed E-state index contributed by atoms with van der Waals surface area (Å²) in [4.78, 5) is 0. The van der Waals surface area contributed by atoms with Gasteiger partial charge in [-0.05, 0) is 63.5 Å². The zero-order valence-electron chi connectivity index (χ0n) is 18.9. The number of halogens is 2. The van der Waals surface area contributed by atoms with Crippen molar-refractivity contribution < 1.29 is 18.3 Å². The van der Waals surface area contributed by atoms with Gasteiger partial charge in [0.05, 0.1) is 19.6 Å². The molecule has 29 heavy (non-hydrogen) atoms. The van der Waals surface area contributed by atoms with Gasteiger partial charge in [-0.15, -0.1) is 0 Å². The summed E-state index contributed by atoms with van der Waals surface area (Å²) in [6, 6.07) is 0. The van der Waals surface area contributed by atoms with Crippen LogP contribution in [0.2, 0.25) is 39.3 Å². The number of allylic oxidation sites excluding steroid dienone is 6. The lowest BCUT2D eigenvalue weighted by Gasteiger charge is -2.21. The highest BCUT2D eigenvalue weighted by atomic mass is 35.5. The van der Waals surface area contributed by atoms with Crippen molar-refractivity contribution in [3.63, 3.8) is 0 Å². The molecule has 9 heteroatoms. The summed E-state index contributed by atoms with van der Waals surface area (Å²) in [6.45, 7) is 17.6. The third kappa shape index (κ3) is 7.41. The Morgan fingerprint density at radius 1 is 0.724 bits per heavy atom. The molecule has 0 radical (unpaired) electrons. The predicted octanol–water partition coefficient (Wildman–Crippen LogP) is 6.06. The average molecular weight is 494 g/mol. The van der Waals surface area contributed by atoms with Crippen molar-refractivity contribution in [1.82, 2.24) is 0 Å². The maximum Gasteiger partial charge on any atom is 0.188 e. The van der Waals surface area contributed by atoms with E-state index in [1.807, 2.05) is 0 Å². The Morgan fingerprint density at radius 2 is 1.07 bits per heavy atom. The van der Waals surface area contributed by atoms with Gasteiger partial charge in [-0.25, -0.2) is 0 Å². The van der Waals surface area contributed by atoms with Crippen LogP contribution in [0.3, 0.4) is 0 Å². The summed E-state index contributed by atoms with van der Waals surface area (Å²) in [7, 11) is -4.17. The highest BCUT2D eigenvalue weighted by Gasteiger charge is 2.30. The summed E-state index contributed by atoms with van der Waals surface area (Å²) in [5, 5.41) is 4.00. The van der Waals surface area contributed by atoms with E-state index in [-0.39, 0.29) is 13.6 Å². The lowest BCUT2D eigenvalue weighted by molar-refractivity contribution is 0.0601. The molecule has 0 aromatic rings. The van der Waals surface area contributed by atoms with Crippen LogP contribution in [-0.4, -0.2) is 39.7 Å². The van der Waals surface area contributed by atoms with Gasteiger partial charge in [-0.3, -0.25) is 0 Å². The monoisotopic (exact) mass is 492 g/mol. The minimum absolute atomic E-state index is 0.245. The Labute approximate surface area is 190 Å². The molecule has 0 heterocycles. The number of hydrogen-bond donors (Lipinski definition) is 0. The third-order valence-corrected chi connectivity index (χ3v) is 9.79. The fourth-order valence-electron chi connectivity index (χ4n) is 3.05. The van der Waals surface area contributed by atoms with E-state index in [1.165, 1.54) is 21.5 Å². The van der Waals surface area contributed by atoms with E-state index in [0.717, 1.165) is 34.4 Å². The maximum absolute atomic E-state index is 6.53. The molecule has 0 N–H and O–H groups in total. The molecule has 2 aliphatic rings. The molecule has 0 amide bonds. The molecule has 0 fully saturated rings. The fourth-order valence-corrected chi connectivity index (χ4v) is 7.00. The van der Waals surface area contributed by atoms with E-state index in [0.29, 0.717) is 0 Å². The Kier molecular flexibility index (Phi) is 8.52. The molecule has 0 unspecified atom stereocenters. The fraction of sp³-hybridized carbons (Fsp3) is 0.600. The van der Waals surface area contributed by atoms with Crippen LogP contribution in [-0.2, 0) is 18.3 Å². The molecular formula is C20H34Cl2O4Si3. The molecule has 164 valence electrons. The van der Waals surface area contributed by atoms with Crippen LogP contribution in [0.15, 0.2) is 43.1 Å². The normalized spacial score (nSPS) is 18.6. The standard InChI is InChI=1S/C20H34Cl2O4Si3/c1-13-9-15(21)17(23-11-25-28(3,4)5)19(13)27-20-14(2)10-16(22)18(20)24-12-26-29(6,7)8/h9-12,27H2,1-8H3. The van der Waals surface area contributed by atoms with Crippen LogP contribution >= 0.6 is 23.2 Å². The van der Waals surface area contributed by atoms with Crippen molar-refractivity contribution in [3.8, 4) is 0 Å². The smallest absolute Gasteiger partial charge is 0.188 e. The molecule has 0 aromatic heterocycles. The van der Waals surface area contributed by atoms with Crippen molar-refractivity contribution in [2.24, 2.45) is 0 Å². The Bertz CT molecular complexity index is 708. The Hall–Kier alpha value is -0.289. The molecule has 0 spiro atoms. The van der Waals surface area contributed by atoms with Crippen LogP contribution in [0, 0.1) is 0 Å². The van der Waals surface area contributed by atoms with E-state index in [9.17, 15) is 0 Å². The summed E-state index contributed by atoms with van der Waals surface area (Å²) in [5.41, 5.74) is 2.54. The molecule has 0 saturated heterocycles. The van der Waals surface area contributed by atoms with E-state index >= 15 is 0 Å². The minimum Gasteiger partial charge on any atom is -0.467 e. The van der Waals surface area contributed by atoms with Gasteiger partial charge in [-0.2, -0.15) is 0 Å². The molecular weight excluding hydrogens is 459 g/mol. The summed E-state index contributed by atoms with van der Waals surface area (Å²) < 4.78 is 23.8. The van der Waals surface area contributed by atoms with Gasteiger partial charge < -0.3 is 18.3 Å². The van der Waals surface area contributed by atoms with Crippen LogP contribution < -0.4 is 0 Å². The summed E-state index contributed by atoms with van der Waals surface area (Å²) in [6.07, 6.45) is 1.48. The second kappa shape index (κ2) is 9.89. The number of hydrogen-bond acceptors (Lipinski definition) is 4. The van der Waals surface area contributed by atoms with Crippen LogP contribution in [0.25, 0.3) is 0 Å². The topological polar surface area (TPSA) is 36.9 Å². The van der Waals surface area contributed by atoms with Gasteiger partial charge in [0.25, 0.3) is 0 Å². The number of ether oxygens (including phenoxy) is 2. The molecule has 0 bridgehead atoms. The van der Waals surface area contributed by atoms with Gasteiger partial charge in [-0.1, -0.05) is 34.3 Å². The van der Waals surface area contributed by atoms with Gasteiger partial charge in [0.2, 0.25) is 0 Å². The van der Waals surface area contributed by atoms with E-state index in [2.05, 4.69) is 53.1 Å². The Morgan fingerprint density at radius 3 is 1.38 bits per heavy atom. The van der Waals surface area contributed by atoms with Crippen LogP contribution in [0.5, 0.6) is 0 Å². The van der Waals surface area contributed by atoms with Gasteiger partial charge in [0.15, 0.2) is 30.2 Å². The average Bonchev–Trinajstić information content (AvgIpc) is 2.95. The van der Waals surface area contributed by atoms with E-state index < -0.39 is 26.2 Å². The SMILES string of the molecule is CC1=C([SiH2]C2=C(C)CC(Cl)=C2OCO[Si](C)(C)C)C(OCO[Si](C)(C)C)=C(Cl)C1. The van der Waals surface area contributed by atoms with E-state index in [4.69, 9.17) is 41.5 Å². The first-order valence-electron chi connectivity index (χ1n) is 9.97. The lowest BCUT2D eigenvalue weighted by atomic mass is 10.3. The zero-order valence-corrected chi connectivity index (χ0v) is 23.9. The third-order valence-electron chi connectivity index (χ3n) is 4.66. The van der Waals surface area contributed by atoms with Crippen molar-refractivity contribution in [1.29, 1.82) is 0 Å². The van der Waals surface area contributed by atoms with Crippen molar-refractivity contribution >= 4 is 49.4 Å². The molecule has 0 atom stereocenters. The first kappa shape index (κ1) is 25.0. The van der Waals surface area contributed by atoms with Gasteiger partial charge >= 0.3 is 0 Å². The maximum atomic E-state index is 6.53. The number of rotatable bonds is 10. The first-order chi connectivity index (χ1) is 13.3. The molecule has 2 aliphatic carbocycles. The molecule has 2 rings (SSSR count). The molecule has 0 aliphatic heterocycles. The second-order valence-electron chi connectivity index (χ2n) is 9.55. The summed E-state index contributed by atoms with van der Waals surface area (Å²) in [5.74, 6) is 1.60. The van der Waals surface area contributed by atoms with Crippen molar-refractivity contribution in [2.75, 3.05) is 13.6 Å². The molecule has 0 saturated carbocycles. The largest absolute Gasteiger partial charge is 0.467 e. The van der Waals surface area contributed by atoms with Crippen molar-refractivity contribution in [2.45, 2.75) is 66.0 Å². The minimum atomic E-state index is -1.65. The van der Waals surface area contributed by atoms with Gasteiger partial charge in [0.1, 0.15) is 11.5 Å². The second-order valence-corrected chi connectivity index (χ2v) is 21.3. The molecule has 4 nitrogen and oxygen atoms in total. The zero-order chi connectivity index (χ0) is 22.0. The summed E-state index contributed by atoms with van der Waals surface area (Å²) >= 11 is 13.1. The Balaban J connectivity index is 2.12. The van der Waals surface area contributed by atoms with Crippen LogP contribution in [0.4, 0.5) is 0 Å². The lowest BCUT2D eigenvalue weighted by Crippen LogP contribution is -2.27. The predicted molar refractivity (Wildman–Crippen MR) is 130 cm³/mol. The van der Waals surface area contributed by atoms with E-state index in [1.54, 1.807) is 0 Å². The highest BCUT2D eigenvalue weighted by Crippen LogP contribution is 2.40. The molecule has 0 aromatic carbocycles. The van der Waals surface area contributed by atoms with Gasteiger partial charge in [0, 0.05) is 12.8 Å². The highest BCUT2D eigenvalue weighted by molar-refractivity contribution is 6.70.